The highest BCUT2D eigenvalue weighted by molar-refractivity contribution is 6.45. The van der Waals surface area contributed by atoms with Gasteiger partial charge in [-0.25, -0.2) is 4.98 Å². The normalized spacial score (nSPS) is 13.2. The second kappa shape index (κ2) is 9.94. The van der Waals surface area contributed by atoms with Crippen LogP contribution in [0.2, 0.25) is 0 Å². The minimum atomic E-state index is -0.701. The van der Waals surface area contributed by atoms with Crippen molar-refractivity contribution in [2.45, 2.75) is 6.54 Å². The number of fused-ring (bicyclic) bond motifs is 2. The van der Waals surface area contributed by atoms with Crippen LogP contribution in [0.15, 0.2) is 67.3 Å². The van der Waals surface area contributed by atoms with Gasteiger partial charge in [0.15, 0.2) is 0 Å². The van der Waals surface area contributed by atoms with E-state index in [1.54, 1.807) is 30.7 Å². The van der Waals surface area contributed by atoms with Crippen molar-refractivity contribution >= 4 is 45.1 Å². The Labute approximate surface area is 226 Å². The molecule has 6 rings (SSSR count). The summed E-state index contributed by atoms with van der Waals surface area (Å²) in [5.41, 5.74) is 6.35. The Kier molecular flexibility index (Phi) is 6.15. The quantitative estimate of drug-likeness (QED) is 0.233. The van der Waals surface area contributed by atoms with E-state index in [1.165, 1.54) is 18.2 Å². The number of methoxy groups -OCH3 is 1. The largest absolute Gasteiger partial charge is 0.496 e. The zero-order valence-electron chi connectivity index (χ0n) is 21.3. The molecule has 3 aromatic heterocycles. The molecule has 0 aliphatic carbocycles. The number of rotatable bonds is 7. The molecule has 4 heterocycles. The third-order valence-electron chi connectivity index (χ3n) is 6.64. The second-order valence-electron chi connectivity index (χ2n) is 9.05. The number of pyridine rings is 1. The van der Waals surface area contributed by atoms with E-state index in [2.05, 4.69) is 25.4 Å². The van der Waals surface area contributed by atoms with Crippen molar-refractivity contribution in [1.29, 1.82) is 0 Å². The van der Waals surface area contributed by atoms with Gasteiger partial charge in [0, 0.05) is 48.8 Å². The molecule has 2 aromatic carbocycles. The molecule has 0 saturated heterocycles. The van der Waals surface area contributed by atoms with Crippen LogP contribution in [0.3, 0.4) is 0 Å². The van der Waals surface area contributed by atoms with Crippen molar-refractivity contribution in [3.63, 3.8) is 0 Å². The number of carbonyl (C=O) groups is 3. The molecular weight excluding hydrogens is 514 g/mol. The Bertz CT molecular complexity index is 1820. The third kappa shape index (κ3) is 4.28. The van der Waals surface area contributed by atoms with Crippen LogP contribution in [0.1, 0.15) is 10.4 Å². The van der Waals surface area contributed by atoms with E-state index in [-0.39, 0.29) is 17.9 Å². The number of Topliss-reactive ketones (excluding diaryl/α,β-unsaturated/α-hetero) is 1. The number of nitrogens with zero attached hydrogens (tertiary/aromatic N) is 7. The Morgan fingerprint density at radius 3 is 2.70 bits per heavy atom. The van der Waals surface area contributed by atoms with Crippen molar-refractivity contribution in [3.05, 3.63) is 72.8 Å². The fraction of sp³-hybridized carbons (Fsp3) is 0.148. The number of carbonyl (C=O) groups excluding carboxylic acids is 3. The molecule has 0 fully saturated rings. The summed E-state index contributed by atoms with van der Waals surface area (Å²) >= 11 is 0. The number of primary amides is 1. The van der Waals surface area contributed by atoms with Gasteiger partial charge >= 0.3 is 0 Å². The lowest BCUT2D eigenvalue weighted by Gasteiger charge is -2.29. The lowest BCUT2D eigenvalue weighted by molar-refractivity contribution is -0.124. The number of aromatic nitrogens is 6. The maximum atomic E-state index is 13.5. The van der Waals surface area contributed by atoms with Gasteiger partial charge in [-0.2, -0.15) is 4.80 Å². The van der Waals surface area contributed by atoms with Crippen molar-refractivity contribution < 1.29 is 19.1 Å². The molecule has 0 saturated carbocycles. The highest BCUT2D eigenvalue weighted by Crippen LogP contribution is 2.35. The first-order valence-corrected chi connectivity index (χ1v) is 12.3. The predicted octanol–water partition coefficient (Wildman–Crippen LogP) is 1.87. The number of nitrogens with two attached hydrogens (primary N) is 1. The average molecular weight is 538 g/mol. The second-order valence-corrected chi connectivity index (χ2v) is 9.05. The van der Waals surface area contributed by atoms with Crippen LogP contribution < -0.4 is 15.4 Å². The SMILES string of the molecule is COc1ccc(-c2nnn(CC(N)=O)n2)c2[nH]cc(C(=O)C(=O)N3C=CN(c4nccc5ccccc45)CC3)c12. The smallest absolute Gasteiger partial charge is 0.299 e. The summed E-state index contributed by atoms with van der Waals surface area (Å²) in [4.78, 5) is 50.0. The van der Waals surface area contributed by atoms with E-state index in [4.69, 9.17) is 10.5 Å². The first kappa shape index (κ1) is 24.7. The van der Waals surface area contributed by atoms with Crippen LogP contribution in [0.4, 0.5) is 5.82 Å². The molecule has 5 aromatic rings. The van der Waals surface area contributed by atoms with E-state index in [9.17, 15) is 14.4 Å². The number of anilines is 1. The average Bonchev–Trinajstić information content (AvgIpc) is 3.63. The van der Waals surface area contributed by atoms with Gasteiger partial charge in [-0.3, -0.25) is 14.4 Å². The molecule has 13 nitrogen and oxygen atoms in total. The van der Waals surface area contributed by atoms with Crippen LogP contribution in [0.25, 0.3) is 33.1 Å². The number of amides is 2. The van der Waals surface area contributed by atoms with Crippen LogP contribution in [-0.2, 0) is 16.1 Å². The Morgan fingerprint density at radius 1 is 1.07 bits per heavy atom. The summed E-state index contributed by atoms with van der Waals surface area (Å²) in [5.74, 6) is -0.610. The number of ether oxygens (including phenoxy) is 1. The summed E-state index contributed by atoms with van der Waals surface area (Å²) in [5, 5.41) is 14.5. The summed E-state index contributed by atoms with van der Waals surface area (Å²) in [6.07, 6.45) is 6.55. The van der Waals surface area contributed by atoms with E-state index in [0.717, 1.165) is 21.4 Å². The Morgan fingerprint density at radius 2 is 1.93 bits per heavy atom. The van der Waals surface area contributed by atoms with Gasteiger partial charge in [0.2, 0.25) is 11.7 Å². The summed E-state index contributed by atoms with van der Waals surface area (Å²) in [7, 11) is 1.47. The standard InChI is InChI=1S/C27H23N9O4/c1-40-20-7-6-18(25-31-33-36(32-25)15-21(28)37)23-22(20)19(14-30-23)24(38)27(39)35-12-10-34(11-13-35)26-17-5-3-2-4-16(17)8-9-29-26/h2-10,12,14,30H,11,13,15H2,1H3,(H2,28,37). The molecule has 2 amide bonds. The van der Waals surface area contributed by atoms with Gasteiger partial charge in [-0.15, -0.1) is 10.2 Å². The monoisotopic (exact) mass is 537 g/mol. The molecular formula is C27H23N9O4. The number of nitrogens with one attached hydrogen (secondary N) is 1. The molecule has 200 valence electrons. The topological polar surface area (TPSA) is 165 Å². The van der Waals surface area contributed by atoms with E-state index in [1.807, 2.05) is 35.2 Å². The predicted molar refractivity (Wildman–Crippen MR) is 145 cm³/mol. The maximum absolute atomic E-state index is 13.5. The molecule has 40 heavy (non-hydrogen) atoms. The number of benzene rings is 2. The van der Waals surface area contributed by atoms with Crippen LogP contribution in [0.5, 0.6) is 5.75 Å². The minimum Gasteiger partial charge on any atom is -0.496 e. The summed E-state index contributed by atoms with van der Waals surface area (Å²) < 4.78 is 5.50. The highest BCUT2D eigenvalue weighted by atomic mass is 16.5. The van der Waals surface area contributed by atoms with Gasteiger partial charge in [-0.1, -0.05) is 24.3 Å². The Balaban J connectivity index is 1.28. The first-order chi connectivity index (χ1) is 19.4. The first-order valence-electron chi connectivity index (χ1n) is 12.3. The zero-order valence-corrected chi connectivity index (χ0v) is 21.3. The highest BCUT2D eigenvalue weighted by Gasteiger charge is 2.29. The number of hydrogen-bond acceptors (Lipinski definition) is 9. The molecule has 1 aliphatic rings. The lowest BCUT2D eigenvalue weighted by atomic mass is 10.0. The molecule has 0 radical (unpaired) electrons. The zero-order chi connectivity index (χ0) is 27.8. The van der Waals surface area contributed by atoms with Crippen LogP contribution in [0, 0.1) is 0 Å². The third-order valence-corrected chi connectivity index (χ3v) is 6.64. The van der Waals surface area contributed by atoms with Crippen molar-refractivity contribution in [1.82, 2.24) is 35.1 Å². The number of ketones is 1. The van der Waals surface area contributed by atoms with Gasteiger partial charge in [0.1, 0.15) is 18.1 Å². The van der Waals surface area contributed by atoms with Crippen molar-refractivity contribution in [2.24, 2.45) is 5.73 Å². The van der Waals surface area contributed by atoms with Gasteiger partial charge in [-0.05, 0) is 28.8 Å². The van der Waals surface area contributed by atoms with Crippen LogP contribution >= 0.6 is 0 Å². The van der Waals surface area contributed by atoms with Crippen molar-refractivity contribution in [3.8, 4) is 17.1 Å². The molecule has 0 atom stereocenters. The fourth-order valence-electron chi connectivity index (χ4n) is 4.76. The number of H-pyrrole nitrogens is 1. The van der Waals surface area contributed by atoms with Gasteiger partial charge < -0.3 is 25.3 Å². The van der Waals surface area contributed by atoms with E-state index < -0.39 is 17.6 Å². The number of tetrazole rings is 1. The lowest BCUT2D eigenvalue weighted by Crippen LogP contribution is -2.41. The van der Waals surface area contributed by atoms with Gasteiger partial charge in [0.25, 0.3) is 11.7 Å². The van der Waals surface area contributed by atoms with Crippen molar-refractivity contribution in [2.75, 3.05) is 25.1 Å². The van der Waals surface area contributed by atoms with Gasteiger partial charge in [0.05, 0.1) is 23.6 Å². The molecule has 0 unspecified atom stereocenters. The van der Waals surface area contributed by atoms with E-state index in [0.29, 0.717) is 35.3 Å². The fourth-order valence-corrected chi connectivity index (χ4v) is 4.76. The molecule has 0 spiro atoms. The maximum Gasteiger partial charge on any atom is 0.299 e. The Hall–Kier alpha value is -5.59. The van der Waals surface area contributed by atoms with Crippen LogP contribution in [-0.4, -0.2) is 72.9 Å². The summed E-state index contributed by atoms with van der Waals surface area (Å²) in [6, 6.07) is 13.2. The van der Waals surface area contributed by atoms with E-state index >= 15 is 0 Å². The molecule has 13 heteroatoms. The number of aromatic amines is 1. The molecule has 0 bridgehead atoms. The summed E-state index contributed by atoms with van der Waals surface area (Å²) in [6.45, 7) is 0.528. The molecule has 3 N–H and O–H groups in total. The minimum absolute atomic E-state index is 0.148. The molecule has 1 aliphatic heterocycles. The number of hydrogen-bond donors (Lipinski definition) is 2.